The van der Waals surface area contributed by atoms with Crippen LogP contribution in [0.25, 0.3) is 0 Å². The zero-order valence-corrected chi connectivity index (χ0v) is 15.7. The molecule has 4 rings (SSSR count). The van der Waals surface area contributed by atoms with E-state index in [0.717, 1.165) is 28.8 Å². The number of halogens is 1. The highest BCUT2D eigenvalue weighted by Gasteiger charge is 2.58. The number of nitrogens with one attached hydrogen (secondary N) is 1. The van der Waals surface area contributed by atoms with Crippen molar-refractivity contribution in [2.75, 3.05) is 16.8 Å². The maximum absolute atomic E-state index is 13.2. The van der Waals surface area contributed by atoms with E-state index < -0.39 is 5.41 Å². The minimum atomic E-state index is -0.960. The Kier molecular flexibility index (Phi) is 4.03. The molecule has 0 unspecified atom stereocenters. The highest BCUT2D eigenvalue weighted by molar-refractivity contribution is 6.34. The molecule has 0 atom stereocenters. The van der Waals surface area contributed by atoms with E-state index in [1.807, 2.05) is 50.2 Å². The number of hydrogen-bond acceptors (Lipinski definition) is 2. The third-order valence-corrected chi connectivity index (χ3v) is 5.69. The second-order valence-electron chi connectivity index (χ2n) is 7.31. The number of benzene rings is 2. The molecule has 2 aromatic carbocycles. The largest absolute Gasteiger partial charge is 0.324 e. The van der Waals surface area contributed by atoms with E-state index >= 15 is 0 Å². The van der Waals surface area contributed by atoms with Crippen molar-refractivity contribution in [3.05, 3.63) is 58.1 Å². The van der Waals surface area contributed by atoms with Crippen molar-refractivity contribution in [3.8, 4) is 0 Å². The fourth-order valence-corrected chi connectivity index (χ4v) is 4.15. The molecular formula is C21H21ClN2O2. The van der Waals surface area contributed by atoms with E-state index in [9.17, 15) is 9.59 Å². The Labute approximate surface area is 158 Å². The lowest BCUT2D eigenvalue weighted by Crippen LogP contribution is -2.42. The lowest BCUT2D eigenvalue weighted by atomic mass is 10.0. The van der Waals surface area contributed by atoms with Crippen LogP contribution in [0.15, 0.2) is 36.4 Å². The van der Waals surface area contributed by atoms with E-state index in [4.69, 9.17) is 11.6 Å². The first-order valence-electron chi connectivity index (χ1n) is 8.90. The number of rotatable bonds is 3. The van der Waals surface area contributed by atoms with Crippen molar-refractivity contribution in [1.82, 2.24) is 0 Å². The summed E-state index contributed by atoms with van der Waals surface area (Å²) in [5.74, 6) is -0.346. The Balaban J connectivity index is 1.58. The Hall–Kier alpha value is -2.33. The second kappa shape index (κ2) is 6.13. The molecule has 0 aromatic heterocycles. The summed E-state index contributed by atoms with van der Waals surface area (Å²) in [6.07, 6.45) is 2.00. The van der Waals surface area contributed by atoms with Gasteiger partial charge >= 0.3 is 0 Å². The minimum Gasteiger partial charge on any atom is -0.324 e. The van der Waals surface area contributed by atoms with Gasteiger partial charge in [0.15, 0.2) is 0 Å². The Morgan fingerprint density at radius 1 is 1.15 bits per heavy atom. The third kappa shape index (κ3) is 2.69. The molecule has 0 radical (unpaired) electrons. The molecule has 0 saturated heterocycles. The van der Waals surface area contributed by atoms with E-state index in [0.29, 0.717) is 30.1 Å². The summed E-state index contributed by atoms with van der Waals surface area (Å²) in [7, 11) is 0. The zero-order chi connectivity index (χ0) is 18.5. The van der Waals surface area contributed by atoms with Gasteiger partial charge in [-0.2, -0.15) is 0 Å². The molecule has 2 aliphatic rings. The van der Waals surface area contributed by atoms with E-state index in [1.54, 1.807) is 4.90 Å². The van der Waals surface area contributed by atoms with Gasteiger partial charge in [-0.25, -0.2) is 0 Å². The minimum absolute atomic E-state index is 0.0964. The number of nitrogens with zero attached hydrogens (tertiary/aromatic N) is 1. The van der Waals surface area contributed by atoms with Crippen LogP contribution < -0.4 is 10.2 Å². The lowest BCUT2D eigenvalue weighted by molar-refractivity contribution is -0.132. The van der Waals surface area contributed by atoms with Crippen molar-refractivity contribution in [2.45, 2.75) is 33.1 Å². The van der Waals surface area contributed by atoms with E-state index in [2.05, 4.69) is 5.32 Å². The van der Waals surface area contributed by atoms with Crippen LogP contribution >= 0.6 is 11.6 Å². The van der Waals surface area contributed by atoms with Crippen LogP contribution in [0, 0.1) is 19.3 Å². The molecule has 1 heterocycles. The van der Waals surface area contributed by atoms with Gasteiger partial charge in [0.25, 0.3) is 0 Å². The molecule has 134 valence electrons. The lowest BCUT2D eigenvalue weighted by Gasteiger charge is -2.24. The summed E-state index contributed by atoms with van der Waals surface area (Å²) in [5.41, 5.74) is 3.67. The average Bonchev–Trinajstić information content (AvgIpc) is 3.31. The van der Waals surface area contributed by atoms with Gasteiger partial charge in [0.1, 0.15) is 5.41 Å². The van der Waals surface area contributed by atoms with Crippen LogP contribution in [0.2, 0.25) is 5.02 Å². The van der Waals surface area contributed by atoms with Gasteiger partial charge in [-0.05, 0) is 61.9 Å². The monoisotopic (exact) mass is 368 g/mol. The molecule has 26 heavy (non-hydrogen) atoms. The molecule has 2 aromatic rings. The summed E-state index contributed by atoms with van der Waals surface area (Å²) in [5, 5.41) is 3.42. The molecule has 2 amide bonds. The fourth-order valence-electron chi connectivity index (χ4n) is 3.78. The second-order valence-corrected chi connectivity index (χ2v) is 7.72. The fraction of sp³-hybridized carbons (Fsp3) is 0.333. The number of hydrogen-bond donors (Lipinski definition) is 1. The van der Waals surface area contributed by atoms with Gasteiger partial charge in [0, 0.05) is 12.2 Å². The first-order chi connectivity index (χ1) is 12.4. The topological polar surface area (TPSA) is 49.4 Å². The van der Waals surface area contributed by atoms with Gasteiger partial charge in [0.2, 0.25) is 11.8 Å². The Morgan fingerprint density at radius 2 is 1.88 bits per heavy atom. The molecule has 1 saturated carbocycles. The van der Waals surface area contributed by atoms with Crippen molar-refractivity contribution >= 4 is 34.8 Å². The van der Waals surface area contributed by atoms with Gasteiger partial charge < -0.3 is 10.2 Å². The van der Waals surface area contributed by atoms with Crippen molar-refractivity contribution < 1.29 is 9.59 Å². The molecule has 0 bridgehead atoms. The van der Waals surface area contributed by atoms with Crippen molar-refractivity contribution in [1.29, 1.82) is 0 Å². The maximum atomic E-state index is 13.2. The maximum Gasteiger partial charge on any atom is 0.242 e. The number of carbonyl (C=O) groups excluding carboxylic acids is 2. The van der Waals surface area contributed by atoms with Gasteiger partial charge in [-0.1, -0.05) is 35.9 Å². The summed E-state index contributed by atoms with van der Waals surface area (Å²) in [4.78, 5) is 27.9. The SMILES string of the molecule is Cc1cc(C)c(NC(=O)C2(C(=O)N3CCc4ccccc43)CC2)c(Cl)c1. The number of para-hydroxylation sites is 1. The molecule has 1 fully saturated rings. The van der Waals surface area contributed by atoms with Gasteiger partial charge in [-0.15, -0.1) is 0 Å². The molecular weight excluding hydrogens is 348 g/mol. The third-order valence-electron chi connectivity index (χ3n) is 5.40. The number of fused-ring (bicyclic) bond motifs is 1. The number of carbonyl (C=O) groups is 2. The highest BCUT2D eigenvalue weighted by Crippen LogP contribution is 2.50. The number of amides is 2. The van der Waals surface area contributed by atoms with Gasteiger partial charge in [-0.3, -0.25) is 9.59 Å². The van der Waals surface area contributed by atoms with Crippen LogP contribution in [0.4, 0.5) is 11.4 Å². The highest BCUT2D eigenvalue weighted by atomic mass is 35.5. The number of anilines is 2. The molecule has 1 aliphatic heterocycles. The van der Waals surface area contributed by atoms with Crippen LogP contribution in [0.5, 0.6) is 0 Å². The molecule has 5 heteroatoms. The zero-order valence-electron chi connectivity index (χ0n) is 14.9. The molecule has 1 N–H and O–H groups in total. The summed E-state index contributed by atoms with van der Waals surface area (Å²) >= 11 is 6.31. The van der Waals surface area contributed by atoms with Crippen molar-refractivity contribution in [3.63, 3.8) is 0 Å². The van der Waals surface area contributed by atoms with E-state index in [-0.39, 0.29) is 11.8 Å². The quantitative estimate of drug-likeness (QED) is 0.823. The predicted molar refractivity (Wildman–Crippen MR) is 104 cm³/mol. The van der Waals surface area contributed by atoms with Crippen molar-refractivity contribution in [2.24, 2.45) is 5.41 Å². The smallest absolute Gasteiger partial charge is 0.242 e. The molecule has 4 nitrogen and oxygen atoms in total. The summed E-state index contributed by atoms with van der Waals surface area (Å²) in [6.45, 7) is 4.51. The Bertz CT molecular complexity index is 895. The average molecular weight is 369 g/mol. The first kappa shape index (κ1) is 17.1. The van der Waals surface area contributed by atoms with Crippen LogP contribution in [-0.2, 0) is 16.0 Å². The molecule has 1 aliphatic carbocycles. The van der Waals surface area contributed by atoms with Gasteiger partial charge in [0.05, 0.1) is 10.7 Å². The normalized spacial score (nSPS) is 17.0. The van der Waals surface area contributed by atoms with E-state index in [1.165, 1.54) is 0 Å². The summed E-state index contributed by atoms with van der Waals surface area (Å²) in [6, 6.07) is 11.7. The molecule has 0 spiro atoms. The summed E-state index contributed by atoms with van der Waals surface area (Å²) < 4.78 is 0. The van der Waals surface area contributed by atoms with Crippen LogP contribution in [-0.4, -0.2) is 18.4 Å². The predicted octanol–water partition coefficient (Wildman–Crippen LogP) is 4.26. The van der Waals surface area contributed by atoms with Crippen LogP contribution in [0.1, 0.15) is 29.5 Å². The standard InChI is InChI=1S/C21H21ClN2O2/c1-13-11-14(2)18(16(22)12-13)23-19(25)21(8-9-21)20(26)24-10-7-15-5-3-4-6-17(15)24/h3-6,11-12H,7-10H2,1-2H3,(H,23,25). The first-order valence-corrected chi connectivity index (χ1v) is 9.28. The van der Waals surface area contributed by atoms with Crippen LogP contribution in [0.3, 0.4) is 0 Å². The Morgan fingerprint density at radius 3 is 2.58 bits per heavy atom. The number of aryl methyl sites for hydroxylation is 2.